The molecule has 0 radical (unpaired) electrons. The summed E-state index contributed by atoms with van der Waals surface area (Å²) in [6, 6.07) is 9.51. The highest BCUT2D eigenvalue weighted by Crippen LogP contribution is 2.24. The molecule has 1 unspecified atom stereocenters. The lowest BCUT2D eigenvalue weighted by atomic mass is 9.86. The van der Waals surface area contributed by atoms with Crippen molar-refractivity contribution in [2.45, 2.75) is 32.6 Å². The van der Waals surface area contributed by atoms with Gasteiger partial charge in [0.15, 0.2) is 5.78 Å². The fourth-order valence-corrected chi connectivity index (χ4v) is 2.15. The first-order chi connectivity index (χ1) is 8.13. The average molecular weight is 294 g/mol. The summed E-state index contributed by atoms with van der Waals surface area (Å²) in [5, 5.41) is 9.18. The highest BCUT2D eigenvalue weighted by Gasteiger charge is 2.25. The predicted molar refractivity (Wildman–Crippen MR) is 71.6 cm³/mol. The molecule has 0 saturated carbocycles. The van der Waals surface area contributed by atoms with Crippen molar-refractivity contribution in [3.05, 3.63) is 34.3 Å². The number of benzene rings is 1. The van der Waals surface area contributed by atoms with E-state index in [-0.39, 0.29) is 11.7 Å². The zero-order chi connectivity index (χ0) is 12.8. The number of ketones is 1. The molecule has 0 aliphatic rings. The summed E-state index contributed by atoms with van der Waals surface area (Å²) in [4.78, 5) is 12.2. The molecule has 0 bridgehead atoms. The highest BCUT2D eigenvalue weighted by molar-refractivity contribution is 9.10. The van der Waals surface area contributed by atoms with Crippen molar-refractivity contribution in [3.63, 3.8) is 0 Å². The molecule has 0 amide bonds. The lowest BCUT2D eigenvalue weighted by molar-refractivity contribution is -0.123. The molecule has 2 nitrogen and oxygen atoms in total. The third-order valence-electron chi connectivity index (χ3n) is 3.00. The summed E-state index contributed by atoms with van der Waals surface area (Å²) in [5.74, 6) is -0.601. The minimum atomic E-state index is -0.631. The number of hydrogen-bond acceptors (Lipinski definition) is 2. The second kappa shape index (κ2) is 6.56. The SMILES string of the molecule is CCC(CC)C(=O)C(C#N)c1ccc(Br)cc1. The first kappa shape index (κ1) is 13.9. The van der Waals surface area contributed by atoms with Gasteiger partial charge in [-0.15, -0.1) is 0 Å². The number of rotatable bonds is 5. The maximum Gasteiger partial charge on any atom is 0.157 e. The quantitative estimate of drug-likeness (QED) is 0.821. The maximum absolute atomic E-state index is 12.2. The van der Waals surface area contributed by atoms with E-state index in [1.54, 1.807) is 0 Å². The molecular formula is C14H16BrNO. The number of halogens is 1. The lowest BCUT2D eigenvalue weighted by Gasteiger charge is -2.15. The van der Waals surface area contributed by atoms with Gasteiger partial charge in [-0.2, -0.15) is 5.26 Å². The van der Waals surface area contributed by atoms with Gasteiger partial charge in [0.2, 0.25) is 0 Å². The first-order valence-corrected chi connectivity index (χ1v) is 6.62. The van der Waals surface area contributed by atoms with Crippen molar-refractivity contribution in [1.29, 1.82) is 5.26 Å². The normalized spacial score (nSPS) is 12.2. The fourth-order valence-electron chi connectivity index (χ4n) is 1.88. The topological polar surface area (TPSA) is 40.9 Å². The summed E-state index contributed by atoms with van der Waals surface area (Å²) >= 11 is 3.34. The van der Waals surface area contributed by atoms with Gasteiger partial charge in [0.25, 0.3) is 0 Å². The summed E-state index contributed by atoms with van der Waals surface area (Å²) in [6.07, 6.45) is 1.59. The van der Waals surface area contributed by atoms with Crippen LogP contribution < -0.4 is 0 Å². The Labute approximate surface area is 111 Å². The van der Waals surface area contributed by atoms with E-state index in [0.717, 1.165) is 22.9 Å². The van der Waals surface area contributed by atoms with Crippen molar-refractivity contribution in [2.75, 3.05) is 0 Å². The highest BCUT2D eigenvalue weighted by atomic mass is 79.9. The van der Waals surface area contributed by atoms with Crippen LogP contribution in [0.5, 0.6) is 0 Å². The standard InChI is InChI=1S/C14H16BrNO/c1-3-10(4-2)14(17)13(9-16)11-5-7-12(15)8-6-11/h5-8,10,13H,3-4H2,1-2H3. The lowest BCUT2D eigenvalue weighted by Crippen LogP contribution is -2.20. The fraction of sp³-hybridized carbons (Fsp3) is 0.429. The maximum atomic E-state index is 12.2. The number of hydrogen-bond donors (Lipinski definition) is 0. The first-order valence-electron chi connectivity index (χ1n) is 5.82. The van der Waals surface area contributed by atoms with Gasteiger partial charge in [-0.1, -0.05) is 41.9 Å². The molecule has 0 fully saturated rings. The van der Waals surface area contributed by atoms with Gasteiger partial charge in [-0.25, -0.2) is 0 Å². The van der Waals surface area contributed by atoms with E-state index in [1.807, 2.05) is 38.1 Å². The van der Waals surface area contributed by atoms with Crippen LogP contribution in [-0.4, -0.2) is 5.78 Å². The molecule has 3 heteroatoms. The van der Waals surface area contributed by atoms with E-state index in [2.05, 4.69) is 22.0 Å². The minimum Gasteiger partial charge on any atom is -0.298 e. The van der Waals surface area contributed by atoms with Gasteiger partial charge in [0.1, 0.15) is 5.92 Å². The largest absolute Gasteiger partial charge is 0.298 e. The number of carbonyl (C=O) groups is 1. The van der Waals surface area contributed by atoms with Crippen LogP contribution in [-0.2, 0) is 4.79 Å². The Morgan fingerprint density at radius 2 is 1.82 bits per heavy atom. The second-order valence-corrected chi connectivity index (χ2v) is 4.95. The van der Waals surface area contributed by atoms with Gasteiger partial charge in [-0.05, 0) is 30.5 Å². The van der Waals surface area contributed by atoms with E-state index >= 15 is 0 Å². The van der Waals surface area contributed by atoms with Gasteiger partial charge in [0, 0.05) is 10.4 Å². The van der Waals surface area contributed by atoms with E-state index in [1.165, 1.54) is 0 Å². The van der Waals surface area contributed by atoms with Crippen LogP contribution in [0.15, 0.2) is 28.7 Å². The van der Waals surface area contributed by atoms with E-state index < -0.39 is 5.92 Å². The number of Topliss-reactive ketones (excluding diaryl/α,β-unsaturated/α-hetero) is 1. The van der Waals surface area contributed by atoms with Crippen LogP contribution in [0.4, 0.5) is 0 Å². The summed E-state index contributed by atoms with van der Waals surface area (Å²) in [6.45, 7) is 3.98. The molecule has 0 saturated heterocycles. The van der Waals surface area contributed by atoms with Gasteiger partial charge in [0.05, 0.1) is 6.07 Å². The Hall–Kier alpha value is -1.14. The van der Waals surface area contributed by atoms with Crippen LogP contribution in [0.1, 0.15) is 38.2 Å². The Bertz CT molecular complexity index is 415. The molecule has 90 valence electrons. The second-order valence-electron chi connectivity index (χ2n) is 4.03. The smallest absolute Gasteiger partial charge is 0.157 e. The Kier molecular flexibility index (Phi) is 5.37. The Morgan fingerprint density at radius 3 is 2.24 bits per heavy atom. The summed E-state index contributed by atoms with van der Waals surface area (Å²) < 4.78 is 0.952. The van der Waals surface area contributed by atoms with Crippen LogP contribution in [0, 0.1) is 17.2 Å². The molecule has 0 heterocycles. The molecule has 1 aromatic rings. The van der Waals surface area contributed by atoms with Crippen LogP contribution in [0.2, 0.25) is 0 Å². The summed E-state index contributed by atoms with van der Waals surface area (Å²) in [7, 11) is 0. The van der Waals surface area contributed by atoms with Gasteiger partial charge < -0.3 is 0 Å². The zero-order valence-electron chi connectivity index (χ0n) is 10.1. The van der Waals surface area contributed by atoms with Crippen molar-refractivity contribution >= 4 is 21.7 Å². The third kappa shape index (κ3) is 3.41. The molecule has 1 rings (SSSR count). The molecule has 0 aromatic heterocycles. The molecule has 1 aromatic carbocycles. The third-order valence-corrected chi connectivity index (χ3v) is 3.53. The number of carbonyl (C=O) groups excluding carboxylic acids is 1. The molecule has 0 N–H and O–H groups in total. The van der Waals surface area contributed by atoms with E-state index in [0.29, 0.717) is 0 Å². The summed E-state index contributed by atoms with van der Waals surface area (Å²) in [5.41, 5.74) is 0.785. The molecule has 1 atom stereocenters. The monoisotopic (exact) mass is 293 g/mol. The molecule has 0 aliphatic carbocycles. The van der Waals surface area contributed by atoms with Crippen LogP contribution in [0.25, 0.3) is 0 Å². The van der Waals surface area contributed by atoms with E-state index in [4.69, 9.17) is 0 Å². The Morgan fingerprint density at radius 1 is 1.29 bits per heavy atom. The number of nitrogens with zero attached hydrogens (tertiary/aromatic N) is 1. The van der Waals surface area contributed by atoms with Gasteiger partial charge >= 0.3 is 0 Å². The van der Waals surface area contributed by atoms with Crippen molar-refractivity contribution in [1.82, 2.24) is 0 Å². The van der Waals surface area contributed by atoms with Crippen molar-refractivity contribution in [3.8, 4) is 6.07 Å². The van der Waals surface area contributed by atoms with Crippen LogP contribution in [0.3, 0.4) is 0 Å². The average Bonchev–Trinajstić information content (AvgIpc) is 2.34. The van der Waals surface area contributed by atoms with Crippen LogP contribution >= 0.6 is 15.9 Å². The molecule has 17 heavy (non-hydrogen) atoms. The van der Waals surface area contributed by atoms with Gasteiger partial charge in [-0.3, -0.25) is 4.79 Å². The Balaban J connectivity index is 2.96. The molecule has 0 spiro atoms. The van der Waals surface area contributed by atoms with Crippen molar-refractivity contribution in [2.24, 2.45) is 5.92 Å². The van der Waals surface area contributed by atoms with Crippen molar-refractivity contribution < 1.29 is 4.79 Å². The molecule has 0 aliphatic heterocycles. The predicted octanol–water partition coefficient (Wildman–Crippen LogP) is 4.06. The molecular weight excluding hydrogens is 278 g/mol. The minimum absolute atomic E-state index is 0.0108. The number of nitriles is 1. The van der Waals surface area contributed by atoms with E-state index in [9.17, 15) is 10.1 Å². The zero-order valence-corrected chi connectivity index (χ0v) is 11.7.